The van der Waals surface area contributed by atoms with Gasteiger partial charge >= 0.3 is 0 Å². The molecule has 0 saturated heterocycles. The molecule has 2 atom stereocenters. The summed E-state index contributed by atoms with van der Waals surface area (Å²) in [6.45, 7) is 0. The van der Waals surface area contributed by atoms with Gasteiger partial charge in [0, 0.05) is 29.4 Å². The van der Waals surface area contributed by atoms with E-state index < -0.39 is 17.8 Å². The highest BCUT2D eigenvalue weighted by Gasteiger charge is 2.47. The Morgan fingerprint density at radius 2 is 1.84 bits per heavy atom. The van der Waals surface area contributed by atoms with Gasteiger partial charge in [-0.25, -0.2) is 4.98 Å². The largest absolute Gasteiger partial charge is 0.550 e. The Bertz CT molecular complexity index is 480. The average Bonchev–Trinajstić information content (AvgIpc) is 2.91. The quantitative estimate of drug-likeness (QED) is 0.890. The van der Waals surface area contributed by atoms with Crippen molar-refractivity contribution < 1.29 is 14.7 Å². The van der Waals surface area contributed by atoms with E-state index in [0.29, 0.717) is 5.13 Å². The van der Waals surface area contributed by atoms with E-state index in [4.69, 9.17) is 0 Å². The molecule has 0 aromatic carbocycles. The molecule has 0 aliphatic heterocycles. The number of rotatable bonds is 3. The highest BCUT2D eigenvalue weighted by atomic mass is 32.1. The average molecular weight is 279 g/mol. The van der Waals surface area contributed by atoms with Gasteiger partial charge in [0.1, 0.15) is 0 Å². The van der Waals surface area contributed by atoms with Crippen molar-refractivity contribution >= 4 is 28.3 Å². The third-order valence-corrected chi connectivity index (χ3v) is 5.15. The summed E-state index contributed by atoms with van der Waals surface area (Å²) in [7, 11) is 0. The van der Waals surface area contributed by atoms with Crippen LogP contribution in [0.5, 0.6) is 0 Å². The third-order valence-electron chi connectivity index (χ3n) is 4.46. The van der Waals surface area contributed by atoms with Crippen molar-refractivity contribution in [3.05, 3.63) is 11.6 Å². The lowest BCUT2D eigenvalue weighted by molar-refractivity contribution is -0.318. The minimum Gasteiger partial charge on any atom is -0.550 e. The molecule has 0 spiro atoms. The molecule has 1 amide bonds. The smallest absolute Gasteiger partial charge is 0.230 e. The first kappa shape index (κ1) is 12.6. The van der Waals surface area contributed by atoms with Crippen LogP contribution in [0.2, 0.25) is 0 Å². The first-order chi connectivity index (χ1) is 9.16. The summed E-state index contributed by atoms with van der Waals surface area (Å²) in [5.74, 6) is -2.10. The molecular formula is C13H15N2O3S-. The molecule has 102 valence electrons. The predicted octanol–water partition coefficient (Wildman–Crippen LogP) is 0.884. The SMILES string of the molecule is O=C([O-])[C@@H]1C2CCC(CC2)[C@H]1C(=O)Nc1nccs1. The van der Waals surface area contributed by atoms with Crippen LogP contribution in [0.15, 0.2) is 11.6 Å². The lowest BCUT2D eigenvalue weighted by atomic mass is 9.58. The van der Waals surface area contributed by atoms with Crippen LogP contribution in [0.25, 0.3) is 0 Å². The molecule has 1 aromatic heterocycles. The number of carbonyl (C=O) groups is 2. The number of hydrogen-bond donors (Lipinski definition) is 1. The van der Waals surface area contributed by atoms with Gasteiger partial charge in [-0.05, 0) is 37.5 Å². The number of aliphatic carboxylic acids is 1. The zero-order valence-corrected chi connectivity index (χ0v) is 11.2. The maximum atomic E-state index is 12.3. The van der Waals surface area contributed by atoms with Gasteiger partial charge < -0.3 is 15.2 Å². The standard InChI is InChI=1S/C13H16N2O3S/c16-11(15-13-14-5-6-19-13)9-7-1-3-8(4-2-7)10(9)12(17)18/h5-10H,1-4H2,(H,17,18)(H,14,15,16)/p-1/t7?,8?,9-,10-/m1/s1. The summed E-state index contributed by atoms with van der Waals surface area (Å²) >= 11 is 1.34. The maximum Gasteiger partial charge on any atom is 0.230 e. The lowest BCUT2D eigenvalue weighted by Crippen LogP contribution is -2.52. The van der Waals surface area contributed by atoms with E-state index in [1.54, 1.807) is 11.6 Å². The minimum atomic E-state index is -1.08. The van der Waals surface area contributed by atoms with E-state index in [-0.39, 0.29) is 17.7 Å². The lowest BCUT2D eigenvalue weighted by Gasteiger charge is -2.48. The summed E-state index contributed by atoms with van der Waals surface area (Å²) in [5, 5.41) is 16.4. The van der Waals surface area contributed by atoms with Crippen molar-refractivity contribution in [1.29, 1.82) is 0 Å². The van der Waals surface area contributed by atoms with Crippen molar-refractivity contribution in [2.45, 2.75) is 25.7 Å². The monoisotopic (exact) mass is 279 g/mol. The van der Waals surface area contributed by atoms with Crippen LogP contribution in [0.1, 0.15) is 25.7 Å². The molecule has 0 unspecified atom stereocenters. The number of fused-ring (bicyclic) bond motifs is 3. The molecular weight excluding hydrogens is 264 g/mol. The van der Waals surface area contributed by atoms with E-state index in [0.717, 1.165) is 25.7 Å². The molecule has 3 saturated carbocycles. The third kappa shape index (κ3) is 2.25. The molecule has 3 fully saturated rings. The molecule has 1 N–H and O–H groups in total. The van der Waals surface area contributed by atoms with Gasteiger partial charge in [-0.3, -0.25) is 4.79 Å². The van der Waals surface area contributed by atoms with Crippen LogP contribution in [0.3, 0.4) is 0 Å². The summed E-state index contributed by atoms with van der Waals surface area (Å²) in [6, 6.07) is 0. The van der Waals surface area contributed by atoms with Crippen LogP contribution >= 0.6 is 11.3 Å². The minimum absolute atomic E-state index is 0.0991. The second-order valence-electron chi connectivity index (χ2n) is 5.37. The van der Waals surface area contributed by atoms with Gasteiger partial charge in [-0.15, -0.1) is 11.3 Å². The second kappa shape index (κ2) is 4.92. The highest BCUT2D eigenvalue weighted by Crippen LogP contribution is 2.49. The predicted molar refractivity (Wildman–Crippen MR) is 68.2 cm³/mol. The topological polar surface area (TPSA) is 82.1 Å². The van der Waals surface area contributed by atoms with Crippen molar-refractivity contribution in [2.24, 2.45) is 23.7 Å². The first-order valence-corrected chi connectivity index (χ1v) is 7.46. The molecule has 6 heteroatoms. The van der Waals surface area contributed by atoms with Crippen LogP contribution in [0.4, 0.5) is 5.13 Å². The molecule has 19 heavy (non-hydrogen) atoms. The van der Waals surface area contributed by atoms with Gasteiger partial charge in [0.25, 0.3) is 0 Å². The molecule has 0 radical (unpaired) electrons. The Morgan fingerprint density at radius 1 is 1.21 bits per heavy atom. The Balaban J connectivity index is 1.80. The Kier molecular flexibility index (Phi) is 3.26. The Labute approximate surface area is 115 Å². The van der Waals surface area contributed by atoms with Crippen LogP contribution in [0, 0.1) is 23.7 Å². The van der Waals surface area contributed by atoms with Crippen LogP contribution in [-0.2, 0) is 9.59 Å². The van der Waals surface area contributed by atoms with Gasteiger partial charge in [0.05, 0.1) is 0 Å². The van der Waals surface area contributed by atoms with E-state index >= 15 is 0 Å². The zero-order chi connectivity index (χ0) is 13.4. The van der Waals surface area contributed by atoms with Crippen LogP contribution in [-0.4, -0.2) is 16.9 Å². The van der Waals surface area contributed by atoms with Gasteiger partial charge in [-0.1, -0.05) is 0 Å². The van der Waals surface area contributed by atoms with Gasteiger partial charge in [0.15, 0.2) is 5.13 Å². The van der Waals surface area contributed by atoms with Crippen molar-refractivity contribution in [3.8, 4) is 0 Å². The summed E-state index contributed by atoms with van der Waals surface area (Å²) in [4.78, 5) is 27.7. The number of thiazole rings is 1. The van der Waals surface area contributed by atoms with Crippen molar-refractivity contribution in [2.75, 3.05) is 5.32 Å². The summed E-state index contributed by atoms with van der Waals surface area (Å²) in [5.41, 5.74) is 0. The summed E-state index contributed by atoms with van der Waals surface area (Å²) < 4.78 is 0. The second-order valence-corrected chi connectivity index (χ2v) is 6.27. The number of anilines is 1. The van der Waals surface area contributed by atoms with E-state index in [9.17, 15) is 14.7 Å². The Hall–Kier alpha value is -1.43. The number of nitrogens with one attached hydrogen (secondary N) is 1. The number of aromatic nitrogens is 1. The number of carboxylic acids is 1. The van der Waals surface area contributed by atoms with E-state index in [1.807, 2.05) is 0 Å². The molecule has 4 rings (SSSR count). The fourth-order valence-corrected chi connectivity index (χ4v) is 4.17. The fraction of sp³-hybridized carbons (Fsp3) is 0.615. The summed E-state index contributed by atoms with van der Waals surface area (Å²) in [6.07, 6.45) is 5.33. The van der Waals surface area contributed by atoms with E-state index in [1.165, 1.54) is 11.3 Å². The molecule has 3 aliphatic rings. The number of hydrogen-bond acceptors (Lipinski definition) is 5. The normalized spacial score (nSPS) is 33.1. The number of carbonyl (C=O) groups excluding carboxylic acids is 2. The number of nitrogens with zero attached hydrogens (tertiary/aromatic N) is 1. The van der Waals surface area contributed by atoms with E-state index in [2.05, 4.69) is 10.3 Å². The van der Waals surface area contributed by atoms with Crippen LogP contribution < -0.4 is 10.4 Å². The van der Waals surface area contributed by atoms with Gasteiger partial charge in [-0.2, -0.15) is 0 Å². The molecule has 1 aromatic rings. The number of amides is 1. The maximum absolute atomic E-state index is 12.3. The first-order valence-electron chi connectivity index (χ1n) is 6.58. The zero-order valence-electron chi connectivity index (χ0n) is 10.4. The van der Waals surface area contributed by atoms with Crippen molar-refractivity contribution in [3.63, 3.8) is 0 Å². The molecule has 5 nitrogen and oxygen atoms in total. The van der Waals surface area contributed by atoms with Crippen molar-refractivity contribution in [1.82, 2.24) is 4.98 Å². The molecule has 3 aliphatic carbocycles. The molecule has 2 bridgehead atoms. The molecule has 1 heterocycles. The fourth-order valence-electron chi connectivity index (χ4n) is 3.64. The number of carboxylic acid groups (broad SMARTS) is 1. The van der Waals surface area contributed by atoms with Gasteiger partial charge in [0.2, 0.25) is 5.91 Å². The Morgan fingerprint density at radius 3 is 2.37 bits per heavy atom. The highest BCUT2D eigenvalue weighted by molar-refractivity contribution is 7.13.